The largest absolute Gasteiger partial charge is 0.296 e. The maximum Gasteiger partial charge on any atom is 0.0635 e. The number of aromatic nitrogens is 2. The minimum Gasteiger partial charge on any atom is -0.296 e. The Labute approximate surface area is 91.1 Å². The standard InChI is InChI=1S/C11H18N4/c1-10(2)15(6-4-5-12)9-11-7-13-14(3)8-11/h7-8,10H,4,6,9H2,1-3H3. The highest BCUT2D eigenvalue weighted by molar-refractivity contribution is 5.03. The fraction of sp³-hybridized carbons (Fsp3) is 0.636. The summed E-state index contributed by atoms with van der Waals surface area (Å²) in [6.45, 7) is 5.98. The average molecular weight is 206 g/mol. The summed E-state index contributed by atoms with van der Waals surface area (Å²) in [6.07, 6.45) is 4.47. The molecule has 4 heteroatoms. The van der Waals surface area contributed by atoms with Gasteiger partial charge in [0.25, 0.3) is 0 Å². The second-order valence-electron chi connectivity index (χ2n) is 3.99. The van der Waals surface area contributed by atoms with Gasteiger partial charge in [-0.2, -0.15) is 10.4 Å². The van der Waals surface area contributed by atoms with Gasteiger partial charge in [-0.1, -0.05) is 0 Å². The highest BCUT2D eigenvalue weighted by Gasteiger charge is 2.10. The van der Waals surface area contributed by atoms with Gasteiger partial charge in [0.15, 0.2) is 0 Å². The van der Waals surface area contributed by atoms with E-state index >= 15 is 0 Å². The lowest BCUT2D eigenvalue weighted by Crippen LogP contribution is -2.31. The highest BCUT2D eigenvalue weighted by Crippen LogP contribution is 2.07. The number of nitriles is 1. The molecule has 1 rings (SSSR count). The molecule has 0 saturated heterocycles. The van der Waals surface area contributed by atoms with Crippen LogP contribution >= 0.6 is 0 Å². The highest BCUT2D eigenvalue weighted by atomic mass is 15.2. The zero-order valence-corrected chi connectivity index (χ0v) is 9.64. The first kappa shape index (κ1) is 11.7. The molecule has 0 atom stereocenters. The van der Waals surface area contributed by atoms with E-state index in [-0.39, 0.29) is 0 Å². The molecule has 0 saturated carbocycles. The molecule has 0 unspecified atom stereocenters. The van der Waals surface area contributed by atoms with E-state index in [1.165, 1.54) is 5.56 Å². The maximum atomic E-state index is 8.57. The summed E-state index contributed by atoms with van der Waals surface area (Å²) in [6, 6.07) is 2.64. The molecule has 82 valence electrons. The zero-order chi connectivity index (χ0) is 11.3. The molecule has 0 aliphatic rings. The van der Waals surface area contributed by atoms with Gasteiger partial charge in [-0.3, -0.25) is 9.58 Å². The molecule has 0 N–H and O–H groups in total. The van der Waals surface area contributed by atoms with Crippen molar-refractivity contribution in [2.45, 2.75) is 32.9 Å². The van der Waals surface area contributed by atoms with E-state index in [0.717, 1.165) is 13.1 Å². The third kappa shape index (κ3) is 3.72. The Morgan fingerprint density at radius 3 is 2.80 bits per heavy atom. The molecular formula is C11H18N4. The van der Waals surface area contributed by atoms with Crippen molar-refractivity contribution < 1.29 is 0 Å². The molecule has 0 radical (unpaired) electrons. The van der Waals surface area contributed by atoms with Crippen molar-refractivity contribution >= 4 is 0 Å². The minimum atomic E-state index is 0.457. The van der Waals surface area contributed by atoms with Crippen LogP contribution in [0.2, 0.25) is 0 Å². The minimum absolute atomic E-state index is 0.457. The van der Waals surface area contributed by atoms with Crippen molar-refractivity contribution in [1.29, 1.82) is 5.26 Å². The van der Waals surface area contributed by atoms with Crippen molar-refractivity contribution in [1.82, 2.24) is 14.7 Å². The number of aryl methyl sites for hydroxylation is 1. The fourth-order valence-corrected chi connectivity index (χ4v) is 1.50. The smallest absolute Gasteiger partial charge is 0.0635 e. The predicted molar refractivity (Wildman–Crippen MR) is 59.0 cm³/mol. The molecule has 1 heterocycles. The van der Waals surface area contributed by atoms with Gasteiger partial charge >= 0.3 is 0 Å². The number of rotatable bonds is 5. The van der Waals surface area contributed by atoms with Gasteiger partial charge in [0.05, 0.1) is 12.3 Å². The molecule has 0 aliphatic carbocycles. The van der Waals surface area contributed by atoms with E-state index in [9.17, 15) is 0 Å². The van der Waals surface area contributed by atoms with Crippen LogP contribution in [0, 0.1) is 11.3 Å². The predicted octanol–water partition coefficient (Wildman–Crippen LogP) is 1.54. The fourth-order valence-electron chi connectivity index (χ4n) is 1.50. The third-order valence-corrected chi connectivity index (χ3v) is 2.39. The Morgan fingerprint density at radius 1 is 1.60 bits per heavy atom. The van der Waals surface area contributed by atoms with Crippen molar-refractivity contribution in [3.8, 4) is 6.07 Å². The van der Waals surface area contributed by atoms with E-state index in [0.29, 0.717) is 12.5 Å². The van der Waals surface area contributed by atoms with Gasteiger partial charge in [-0.05, 0) is 13.8 Å². The van der Waals surface area contributed by atoms with Crippen LogP contribution in [0.15, 0.2) is 12.4 Å². The SMILES string of the molecule is CC(C)N(CCC#N)Cc1cnn(C)c1. The molecule has 1 aromatic rings. The second-order valence-corrected chi connectivity index (χ2v) is 3.99. The van der Waals surface area contributed by atoms with E-state index in [1.807, 2.05) is 19.4 Å². The van der Waals surface area contributed by atoms with E-state index in [1.54, 1.807) is 4.68 Å². The maximum absolute atomic E-state index is 8.57. The van der Waals surface area contributed by atoms with E-state index in [4.69, 9.17) is 5.26 Å². The topological polar surface area (TPSA) is 44.9 Å². The van der Waals surface area contributed by atoms with Crippen LogP contribution in [-0.4, -0.2) is 27.3 Å². The van der Waals surface area contributed by atoms with E-state index in [2.05, 4.69) is 29.9 Å². The third-order valence-electron chi connectivity index (χ3n) is 2.39. The zero-order valence-electron chi connectivity index (χ0n) is 9.64. The molecule has 0 bridgehead atoms. The van der Waals surface area contributed by atoms with Crippen LogP contribution in [0.5, 0.6) is 0 Å². The van der Waals surface area contributed by atoms with Gasteiger partial charge in [-0.25, -0.2) is 0 Å². The summed E-state index contributed by atoms with van der Waals surface area (Å²) >= 11 is 0. The van der Waals surface area contributed by atoms with Crippen LogP contribution in [0.25, 0.3) is 0 Å². The van der Waals surface area contributed by atoms with Crippen LogP contribution in [0.3, 0.4) is 0 Å². The van der Waals surface area contributed by atoms with Crippen molar-refractivity contribution in [3.63, 3.8) is 0 Å². The summed E-state index contributed by atoms with van der Waals surface area (Å²) in [5.41, 5.74) is 1.20. The first-order valence-electron chi connectivity index (χ1n) is 5.22. The molecule has 4 nitrogen and oxygen atoms in total. The summed E-state index contributed by atoms with van der Waals surface area (Å²) in [7, 11) is 1.92. The Hall–Kier alpha value is -1.34. The molecule has 0 fully saturated rings. The molecule has 15 heavy (non-hydrogen) atoms. The second kappa shape index (κ2) is 5.52. The summed E-state index contributed by atoms with van der Waals surface area (Å²) in [4.78, 5) is 2.28. The normalized spacial score (nSPS) is 10.9. The first-order valence-corrected chi connectivity index (χ1v) is 5.22. The summed E-state index contributed by atoms with van der Waals surface area (Å²) < 4.78 is 1.80. The van der Waals surface area contributed by atoms with Crippen molar-refractivity contribution in [3.05, 3.63) is 18.0 Å². The molecular weight excluding hydrogens is 188 g/mol. The molecule has 0 spiro atoms. The Bertz CT molecular complexity index is 335. The van der Waals surface area contributed by atoms with Crippen LogP contribution in [-0.2, 0) is 13.6 Å². The summed E-state index contributed by atoms with van der Waals surface area (Å²) in [5.74, 6) is 0. The van der Waals surface area contributed by atoms with Crippen LogP contribution in [0.4, 0.5) is 0 Å². The van der Waals surface area contributed by atoms with Crippen LogP contribution < -0.4 is 0 Å². The lowest BCUT2D eigenvalue weighted by atomic mass is 10.2. The first-order chi connectivity index (χ1) is 7.13. The molecule has 1 aromatic heterocycles. The Morgan fingerprint density at radius 2 is 2.33 bits per heavy atom. The Balaban J connectivity index is 2.55. The Kier molecular flexibility index (Phi) is 4.32. The van der Waals surface area contributed by atoms with Gasteiger partial charge in [0.2, 0.25) is 0 Å². The van der Waals surface area contributed by atoms with Gasteiger partial charge < -0.3 is 0 Å². The van der Waals surface area contributed by atoms with E-state index < -0.39 is 0 Å². The number of hydrogen-bond acceptors (Lipinski definition) is 3. The van der Waals surface area contributed by atoms with Gasteiger partial charge in [-0.15, -0.1) is 0 Å². The molecule has 0 amide bonds. The lowest BCUT2D eigenvalue weighted by Gasteiger charge is -2.24. The van der Waals surface area contributed by atoms with Crippen LogP contribution in [0.1, 0.15) is 25.8 Å². The number of nitrogens with zero attached hydrogens (tertiary/aromatic N) is 4. The quantitative estimate of drug-likeness (QED) is 0.734. The summed E-state index contributed by atoms with van der Waals surface area (Å²) in [5, 5.41) is 12.7. The molecule has 0 aromatic carbocycles. The monoisotopic (exact) mass is 206 g/mol. The molecule has 0 aliphatic heterocycles. The van der Waals surface area contributed by atoms with Gasteiger partial charge in [0, 0.05) is 44.4 Å². The van der Waals surface area contributed by atoms with Gasteiger partial charge in [0.1, 0.15) is 0 Å². The average Bonchev–Trinajstić information content (AvgIpc) is 2.58. The number of hydrogen-bond donors (Lipinski definition) is 0. The van der Waals surface area contributed by atoms with Crippen molar-refractivity contribution in [2.24, 2.45) is 7.05 Å². The van der Waals surface area contributed by atoms with Crippen molar-refractivity contribution in [2.75, 3.05) is 6.54 Å². The lowest BCUT2D eigenvalue weighted by molar-refractivity contribution is 0.218.